The summed E-state index contributed by atoms with van der Waals surface area (Å²) in [5.74, 6) is -0.379. The highest BCUT2D eigenvalue weighted by molar-refractivity contribution is 9.10. The lowest BCUT2D eigenvalue weighted by Crippen LogP contribution is -1.97. The van der Waals surface area contributed by atoms with Crippen molar-refractivity contribution in [3.63, 3.8) is 0 Å². The molecule has 1 N–H and O–H groups in total. The van der Waals surface area contributed by atoms with Crippen molar-refractivity contribution >= 4 is 43.2 Å². The van der Waals surface area contributed by atoms with Crippen LogP contribution in [-0.4, -0.2) is 0 Å². The summed E-state index contributed by atoms with van der Waals surface area (Å²) in [5, 5.41) is 12.0. The van der Waals surface area contributed by atoms with E-state index < -0.39 is 0 Å². The highest BCUT2D eigenvalue weighted by Gasteiger charge is 2.09. The molecule has 0 aliphatic heterocycles. The van der Waals surface area contributed by atoms with E-state index in [-0.39, 0.29) is 5.82 Å². The Morgan fingerprint density at radius 1 is 1.17 bits per heavy atom. The number of benzene rings is 2. The Hall–Kier alpha value is -1.38. The van der Waals surface area contributed by atoms with Crippen LogP contribution >= 0.6 is 31.9 Å². The number of anilines is 2. The first-order chi connectivity index (χ1) is 8.61. The molecule has 2 nitrogen and oxygen atoms in total. The third-order valence-electron chi connectivity index (χ3n) is 2.32. The van der Waals surface area contributed by atoms with Crippen LogP contribution in [0.4, 0.5) is 15.8 Å². The summed E-state index contributed by atoms with van der Waals surface area (Å²) < 4.78 is 15.1. The average molecular weight is 370 g/mol. The van der Waals surface area contributed by atoms with Crippen LogP contribution in [-0.2, 0) is 0 Å². The van der Waals surface area contributed by atoms with Crippen LogP contribution in [0.15, 0.2) is 45.3 Å². The molecule has 2 aromatic rings. The number of para-hydroxylation sites is 1. The van der Waals surface area contributed by atoms with E-state index in [1.165, 1.54) is 6.07 Å². The first kappa shape index (κ1) is 13.1. The van der Waals surface area contributed by atoms with E-state index in [4.69, 9.17) is 5.26 Å². The van der Waals surface area contributed by atoms with Crippen LogP contribution in [0.5, 0.6) is 0 Å². The summed E-state index contributed by atoms with van der Waals surface area (Å²) >= 11 is 6.56. The van der Waals surface area contributed by atoms with Crippen molar-refractivity contribution in [2.24, 2.45) is 0 Å². The molecule has 2 aromatic carbocycles. The van der Waals surface area contributed by atoms with Gasteiger partial charge >= 0.3 is 0 Å². The van der Waals surface area contributed by atoms with Crippen molar-refractivity contribution in [3.05, 3.63) is 56.7 Å². The van der Waals surface area contributed by atoms with Crippen LogP contribution in [0.25, 0.3) is 0 Å². The van der Waals surface area contributed by atoms with Crippen LogP contribution in [0.3, 0.4) is 0 Å². The molecule has 90 valence electrons. The van der Waals surface area contributed by atoms with E-state index in [1.54, 1.807) is 30.3 Å². The Labute approximate surface area is 121 Å². The summed E-state index contributed by atoms with van der Waals surface area (Å²) in [6.07, 6.45) is 0. The lowest BCUT2D eigenvalue weighted by Gasteiger charge is -2.11. The molecule has 0 atom stereocenters. The number of hydrogen-bond acceptors (Lipinski definition) is 2. The van der Waals surface area contributed by atoms with Gasteiger partial charge in [-0.3, -0.25) is 0 Å². The van der Waals surface area contributed by atoms with Gasteiger partial charge in [-0.05, 0) is 46.3 Å². The zero-order valence-corrected chi connectivity index (χ0v) is 12.2. The maximum atomic E-state index is 13.7. The van der Waals surface area contributed by atoms with E-state index >= 15 is 0 Å². The van der Waals surface area contributed by atoms with E-state index in [9.17, 15) is 4.39 Å². The summed E-state index contributed by atoms with van der Waals surface area (Å²) in [6, 6.07) is 12.0. The molecule has 18 heavy (non-hydrogen) atoms. The van der Waals surface area contributed by atoms with Crippen molar-refractivity contribution in [3.8, 4) is 6.07 Å². The number of hydrogen-bond donors (Lipinski definition) is 1. The van der Waals surface area contributed by atoms with Crippen LogP contribution in [0.1, 0.15) is 5.56 Å². The topological polar surface area (TPSA) is 35.8 Å². The van der Waals surface area contributed by atoms with Crippen molar-refractivity contribution in [2.75, 3.05) is 5.32 Å². The average Bonchev–Trinajstić information content (AvgIpc) is 2.35. The van der Waals surface area contributed by atoms with Gasteiger partial charge in [0.1, 0.15) is 11.9 Å². The monoisotopic (exact) mass is 368 g/mol. The molecule has 0 aromatic heterocycles. The highest BCUT2D eigenvalue weighted by atomic mass is 79.9. The summed E-state index contributed by atoms with van der Waals surface area (Å²) in [4.78, 5) is 0. The third-order valence-corrected chi connectivity index (χ3v) is 3.48. The Morgan fingerprint density at radius 3 is 2.61 bits per heavy atom. The number of nitriles is 1. The molecule has 0 unspecified atom stereocenters. The molecule has 0 amide bonds. The predicted molar refractivity (Wildman–Crippen MR) is 76.2 cm³/mol. The molecule has 0 fully saturated rings. The molecule has 0 saturated carbocycles. The lowest BCUT2D eigenvalue weighted by molar-refractivity contribution is 0.631. The van der Waals surface area contributed by atoms with Gasteiger partial charge in [0.15, 0.2) is 0 Å². The maximum absolute atomic E-state index is 13.7. The zero-order chi connectivity index (χ0) is 13.1. The van der Waals surface area contributed by atoms with Gasteiger partial charge < -0.3 is 5.32 Å². The quantitative estimate of drug-likeness (QED) is 0.811. The second-order valence-electron chi connectivity index (χ2n) is 3.52. The minimum Gasteiger partial charge on any atom is -0.351 e. The van der Waals surface area contributed by atoms with Crippen LogP contribution < -0.4 is 5.32 Å². The molecule has 0 aliphatic carbocycles. The van der Waals surface area contributed by atoms with E-state index in [1.807, 2.05) is 0 Å². The van der Waals surface area contributed by atoms with Gasteiger partial charge in [0.2, 0.25) is 0 Å². The van der Waals surface area contributed by atoms with Gasteiger partial charge in [-0.25, -0.2) is 4.39 Å². The van der Waals surface area contributed by atoms with Crippen molar-refractivity contribution in [2.45, 2.75) is 0 Å². The highest BCUT2D eigenvalue weighted by Crippen LogP contribution is 2.30. The molecule has 0 saturated heterocycles. The van der Waals surface area contributed by atoms with Gasteiger partial charge in [0.25, 0.3) is 0 Å². The second kappa shape index (κ2) is 5.51. The van der Waals surface area contributed by atoms with Gasteiger partial charge in [-0.15, -0.1) is 0 Å². The number of halogens is 3. The standard InChI is InChI=1S/C13H7Br2FN2/c14-9-4-5-12(8(6-9)7-17)18-13-10(15)2-1-3-11(13)16/h1-6,18H. The Balaban J connectivity index is 2.44. The predicted octanol–water partition coefficient (Wildman–Crippen LogP) is 4.97. The minimum absolute atomic E-state index is 0.316. The van der Waals surface area contributed by atoms with Gasteiger partial charge in [0.05, 0.1) is 16.9 Å². The fraction of sp³-hybridized carbons (Fsp3) is 0. The van der Waals surface area contributed by atoms with Crippen LogP contribution in [0.2, 0.25) is 0 Å². The minimum atomic E-state index is -0.379. The second-order valence-corrected chi connectivity index (χ2v) is 5.29. The fourth-order valence-corrected chi connectivity index (χ4v) is 2.27. The molecular formula is C13H7Br2FN2. The van der Waals surface area contributed by atoms with E-state index in [0.717, 1.165) is 4.47 Å². The molecule has 0 aliphatic rings. The van der Waals surface area contributed by atoms with Gasteiger partial charge in [-0.2, -0.15) is 5.26 Å². The first-order valence-electron chi connectivity index (χ1n) is 5.02. The number of nitrogens with one attached hydrogen (secondary N) is 1. The molecule has 5 heteroatoms. The van der Waals surface area contributed by atoms with Crippen molar-refractivity contribution < 1.29 is 4.39 Å². The molecule has 0 heterocycles. The Bertz CT molecular complexity index is 615. The third kappa shape index (κ3) is 2.71. The van der Waals surface area contributed by atoms with Crippen molar-refractivity contribution in [1.29, 1.82) is 5.26 Å². The Morgan fingerprint density at radius 2 is 1.94 bits per heavy atom. The summed E-state index contributed by atoms with van der Waals surface area (Å²) in [5.41, 5.74) is 1.32. The summed E-state index contributed by atoms with van der Waals surface area (Å²) in [6.45, 7) is 0. The van der Waals surface area contributed by atoms with Gasteiger partial charge in [0, 0.05) is 8.95 Å². The lowest BCUT2D eigenvalue weighted by atomic mass is 10.2. The summed E-state index contributed by atoms with van der Waals surface area (Å²) in [7, 11) is 0. The Kier molecular flexibility index (Phi) is 4.00. The smallest absolute Gasteiger partial charge is 0.147 e. The van der Waals surface area contributed by atoms with Crippen LogP contribution in [0, 0.1) is 17.1 Å². The molecule has 0 radical (unpaired) electrons. The molecular weight excluding hydrogens is 363 g/mol. The molecule has 0 spiro atoms. The maximum Gasteiger partial charge on any atom is 0.147 e. The largest absolute Gasteiger partial charge is 0.351 e. The fourth-order valence-electron chi connectivity index (χ4n) is 1.47. The number of nitrogens with zero attached hydrogens (tertiary/aromatic N) is 1. The normalized spacial score (nSPS) is 9.89. The zero-order valence-electron chi connectivity index (χ0n) is 9.05. The number of rotatable bonds is 2. The van der Waals surface area contributed by atoms with E-state index in [2.05, 4.69) is 43.2 Å². The molecule has 2 rings (SSSR count). The van der Waals surface area contributed by atoms with E-state index in [0.29, 0.717) is 21.4 Å². The SMILES string of the molecule is N#Cc1cc(Br)ccc1Nc1c(F)cccc1Br. The first-order valence-corrected chi connectivity index (χ1v) is 6.61. The molecule has 0 bridgehead atoms. The van der Waals surface area contributed by atoms with Crippen molar-refractivity contribution in [1.82, 2.24) is 0 Å². The van der Waals surface area contributed by atoms with Gasteiger partial charge in [-0.1, -0.05) is 22.0 Å².